The number of carbonyl (C=O) groups is 2. The number of amides is 1. The number of aromatic nitrogens is 1. The molecule has 1 amide bonds. The Morgan fingerprint density at radius 2 is 2.12 bits per heavy atom. The van der Waals surface area contributed by atoms with Crippen molar-refractivity contribution < 1.29 is 19.2 Å². The molecule has 1 aromatic carbocycles. The lowest BCUT2D eigenvalue weighted by Crippen LogP contribution is -2.29. The van der Waals surface area contributed by atoms with Gasteiger partial charge in [0.2, 0.25) is 0 Å². The van der Waals surface area contributed by atoms with Gasteiger partial charge in [0.1, 0.15) is 11.3 Å². The molecule has 1 fully saturated rings. The van der Waals surface area contributed by atoms with Crippen LogP contribution in [0.25, 0.3) is 0 Å². The van der Waals surface area contributed by atoms with Gasteiger partial charge in [0.25, 0.3) is 5.91 Å². The fourth-order valence-corrected chi connectivity index (χ4v) is 3.26. The van der Waals surface area contributed by atoms with E-state index in [1.807, 2.05) is 19.1 Å². The van der Waals surface area contributed by atoms with Crippen molar-refractivity contribution >= 4 is 11.9 Å². The number of nitrogens with zero attached hydrogens (tertiary/aromatic N) is 2. The van der Waals surface area contributed by atoms with E-state index in [0.29, 0.717) is 36.4 Å². The molecular weight excluding hydrogens is 308 g/mol. The number of carboxylic acids is 1. The normalized spacial score (nSPS) is 17.2. The van der Waals surface area contributed by atoms with E-state index in [0.717, 1.165) is 18.4 Å². The van der Waals surface area contributed by atoms with Crippen molar-refractivity contribution in [1.29, 1.82) is 0 Å². The first-order chi connectivity index (χ1) is 11.6. The molecule has 0 bridgehead atoms. The Kier molecular flexibility index (Phi) is 4.64. The van der Waals surface area contributed by atoms with Crippen LogP contribution in [0.2, 0.25) is 0 Å². The summed E-state index contributed by atoms with van der Waals surface area (Å²) in [6.45, 7) is 3.14. The van der Waals surface area contributed by atoms with E-state index >= 15 is 0 Å². The van der Waals surface area contributed by atoms with Crippen LogP contribution in [0.3, 0.4) is 0 Å². The maximum absolute atomic E-state index is 12.7. The summed E-state index contributed by atoms with van der Waals surface area (Å²) >= 11 is 0. The number of likely N-dealkylation sites (tertiary alicyclic amines) is 1. The van der Waals surface area contributed by atoms with Crippen LogP contribution >= 0.6 is 0 Å². The van der Waals surface area contributed by atoms with E-state index in [2.05, 4.69) is 5.16 Å². The first kappa shape index (κ1) is 16.2. The fraction of sp³-hybridized carbons (Fsp3) is 0.389. The molecule has 24 heavy (non-hydrogen) atoms. The van der Waals surface area contributed by atoms with E-state index in [1.165, 1.54) is 6.20 Å². The maximum atomic E-state index is 12.7. The van der Waals surface area contributed by atoms with Gasteiger partial charge in [-0.2, -0.15) is 0 Å². The molecule has 6 nitrogen and oxygen atoms in total. The molecule has 6 heteroatoms. The molecule has 1 aliphatic heterocycles. The lowest BCUT2D eigenvalue weighted by Gasteiger charge is -2.17. The van der Waals surface area contributed by atoms with E-state index < -0.39 is 5.97 Å². The quantitative estimate of drug-likeness (QED) is 0.912. The van der Waals surface area contributed by atoms with E-state index in [4.69, 9.17) is 4.52 Å². The first-order valence-corrected chi connectivity index (χ1v) is 8.16. The van der Waals surface area contributed by atoms with E-state index in [-0.39, 0.29) is 11.8 Å². The smallest absolute Gasteiger partial charge is 0.335 e. The van der Waals surface area contributed by atoms with Crippen LogP contribution in [0.4, 0.5) is 0 Å². The van der Waals surface area contributed by atoms with Crippen molar-refractivity contribution in [2.45, 2.75) is 32.1 Å². The van der Waals surface area contributed by atoms with Crippen molar-refractivity contribution in [1.82, 2.24) is 10.1 Å². The van der Waals surface area contributed by atoms with Crippen LogP contribution in [-0.4, -0.2) is 40.1 Å². The molecule has 0 saturated carbocycles. The molecule has 1 atom stereocenters. The molecule has 2 aromatic rings. The molecule has 1 unspecified atom stereocenters. The number of aryl methyl sites for hydroxylation is 1. The second kappa shape index (κ2) is 6.86. The van der Waals surface area contributed by atoms with Crippen molar-refractivity contribution in [3.63, 3.8) is 0 Å². The van der Waals surface area contributed by atoms with Crippen LogP contribution in [0.1, 0.15) is 57.7 Å². The average Bonchev–Trinajstić information content (AvgIpc) is 3.24. The zero-order valence-corrected chi connectivity index (χ0v) is 13.6. The Bertz CT molecular complexity index is 753. The van der Waals surface area contributed by atoms with Crippen molar-refractivity contribution in [2.75, 3.05) is 13.1 Å². The maximum Gasteiger partial charge on any atom is 0.335 e. The minimum Gasteiger partial charge on any atom is -0.478 e. The number of carbonyl (C=O) groups excluding carboxylic acids is 1. The highest BCUT2D eigenvalue weighted by molar-refractivity contribution is 5.95. The van der Waals surface area contributed by atoms with E-state index in [9.17, 15) is 14.7 Å². The summed E-state index contributed by atoms with van der Waals surface area (Å²) in [7, 11) is 0. The van der Waals surface area contributed by atoms with Gasteiger partial charge in [-0.05, 0) is 24.5 Å². The molecule has 3 rings (SSSR count). The molecule has 1 aliphatic rings. The Balaban J connectivity index is 1.77. The van der Waals surface area contributed by atoms with Gasteiger partial charge in [0, 0.05) is 25.4 Å². The van der Waals surface area contributed by atoms with Gasteiger partial charge in [-0.25, -0.2) is 4.79 Å². The van der Waals surface area contributed by atoms with Gasteiger partial charge in [0.15, 0.2) is 0 Å². The van der Waals surface area contributed by atoms with Crippen LogP contribution in [-0.2, 0) is 6.42 Å². The Hall–Kier alpha value is -2.63. The number of hydrogen-bond donors (Lipinski definition) is 1. The third-order valence-electron chi connectivity index (χ3n) is 4.46. The summed E-state index contributed by atoms with van der Waals surface area (Å²) in [6, 6.07) is 7.01. The molecule has 1 aromatic heterocycles. The Morgan fingerprint density at radius 1 is 1.33 bits per heavy atom. The summed E-state index contributed by atoms with van der Waals surface area (Å²) in [5.74, 6) is -0.359. The minimum absolute atomic E-state index is 0.0377. The van der Waals surface area contributed by atoms with Crippen LogP contribution in [0, 0.1) is 0 Å². The summed E-state index contributed by atoms with van der Waals surface area (Å²) in [4.78, 5) is 25.9. The largest absolute Gasteiger partial charge is 0.478 e. The van der Waals surface area contributed by atoms with Crippen LogP contribution < -0.4 is 0 Å². The zero-order chi connectivity index (χ0) is 17.1. The number of hydrogen-bond acceptors (Lipinski definition) is 4. The Morgan fingerprint density at radius 3 is 2.88 bits per heavy atom. The summed E-state index contributed by atoms with van der Waals surface area (Å²) < 4.78 is 5.17. The summed E-state index contributed by atoms with van der Waals surface area (Å²) in [5.41, 5.74) is 1.62. The molecule has 126 valence electrons. The van der Waals surface area contributed by atoms with Gasteiger partial charge < -0.3 is 14.5 Å². The van der Waals surface area contributed by atoms with E-state index in [1.54, 1.807) is 17.0 Å². The third kappa shape index (κ3) is 3.04. The predicted octanol–water partition coefficient (Wildman–Crippen LogP) is 2.96. The van der Waals surface area contributed by atoms with Gasteiger partial charge in [-0.1, -0.05) is 30.3 Å². The highest BCUT2D eigenvalue weighted by Crippen LogP contribution is 2.31. The van der Waals surface area contributed by atoms with Gasteiger partial charge in [-0.15, -0.1) is 0 Å². The molecule has 1 N–H and O–H groups in total. The second-order valence-corrected chi connectivity index (χ2v) is 6.04. The number of rotatable bonds is 5. The molecule has 0 radical (unpaired) electrons. The second-order valence-electron chi connectivity index (χ2n) is 6.04. The average molecular weight is 328 g/mol. The monoisotopic (exact) mass is 328 g/mol. The summed E-state index contributed by atoms with van der Waals surface area (Å²) in [6.07, 6.45) is 3.79. The molecular formula is C18H20N2O4. The SMILES string of the molecule is CCCc1oncc1C(=O)N1CCC(c2ccccc2C(=O)O)C1. The third-order valence-corrected chi connectivity index (χ3v) is 4.46. The highest BCUT2D eigenvalue weighted by atomic mass is 16.5. The van der Waals surface area contributed by atoms with Crippen LogP contribution in [0.5, 0.6) is 0 Å². The topological polar surface area (TPSA) is 83.6 Å². The van der Waals surface area contributed by atoms with Gasteiger partial charge in [0.05, 0.1) is 11.8 Å². The minimum atomic E-state index is -0.931. The van der Waals surface area contributed by atoms with Crippen molar-refractivity contribution in [2.24, 2.45) is 0 Å². The first-order valence-electron chi connectivity index (χ1n) is 8.16. The lowest BCUT2D eigenvalue weighted by molar-refractivity contribution is 0.0695. The van der Waals surface area contributed by atoms with Crippen molar-refractivity contribution in [3.05, 3.63) is 52.9 Å². The standard InChI is InChI=1S/C18H20N2O4/c1-2-5-16-15(10-19-24-16)17(21)20-9-8-12(11-20)13-6-3-4-7-14(13)18(22)23/h3-4,6-7,10,12H,2,5,8-9,11H2,1H3,(H,22,23). The number of benzene rings is 1. The zero-order valence-electron chi connectivity index (χ0n) is 13.6. The lowest BCUT2D eigenvalue weighted by atomic mass is 9.93. The highest BCUT2D eigenvalue weighted by Gasteiger charge is 2.31. The Labute approximate surface area is 140 Å². The number of aromatic carboxylic acids is 1. The molecule has 1 saturated heterocycles. The van der Waals surface area contributed by atoms with Gasteiger partial charge in [-0.3, -0.25) is 4.79 Å². The number of carboxylic acid groups (broad SMARTS) is 1. The fourth-order valence-electron chi connectivity index (χ4n) is 3.26. The molecule has 0 spiro atoms. The molecule has 0 aliphatic carbocycles. The molecule has 2 heterocycles. The van der Waals surface area contributed by atoms with Gasteiger partial charge >= 0.3 is 5.97 Å². The van der Waals surface area contributed by atoms with Crippen LogP contribution in [0.15, 0.2) is 35.0 Å². The predicted molar refractivity (Wildman–Crippen MR) is 87.2 cm³/mol. The van der Waals surface area contributed by atoms with Crippen molar-refractivity contribution in [3.8, 4) is 0 Å². The summed E-state index contributed by atoms with van der Waals surface area (Å²) in [5, 5.41) is 13.1.